The number of benzene rings is 1. The van der Waals surface area contributed by atoms with Gasteiger partial charge < -0.3 is 5.32 Å². The molecule has 1 N–H and O–H groups in total. The van der Waals surface area contributed by atoms with Crippen molar-refractivity contribution in [3.8, 4) is 0 Å². The Balaban J connectivity index is 1.46. The number of carbonyl (C=O) groups excluding carboxylic acids is 1. The molecule has 0 saturated carbocycles. The van der Waals surface area contributed by atoms with Gasteiger partial charge in [0.2, 0.25) is 5.91 Å². The van der Waals surface area contributed by atoms with Gasteiger partial charge in [0, 0.05) is 50.6 Å². The van der Waals surface area contributed by atoms with E-state index in [1.54, 1.807) is 23.0 Å². The monoisotopic (exact) mass is 310 g/mol. The number of likely N-dealkylation sites (tertiary alicyclic amines) is 1. The maximum Gasteiger partial charge on any atom is 0.244 e. The summed E-state index contributed by atoms with van der Waals surface area (Å²) in [5.74, 6) is -0.0413. The predicted molar refractivity (Wildman–Crippen MR) is 90.5 cm³/mol. The molecule has 0 bridgehead atoms. The zero-order valence-electron chi connectivity index (χ0n) is 13.4. The SMILES string of the molecule is Cn1cc(/C=C/C(=O)N[C@@H]2CCN(Cc3ccccc3)C2)cn1. The van der Waals surface area contributed by atoms with E-state index in [1.807, 2.05) is 19.3 Å². The first-order valence-electron chi connectivity index (χ1n) is 7.92. The van der Waals surface area contributed by atoms with Gasteiger partial charge in [-0.25, -0.2) is 0 Å². The Morgan fingerprint density at radius 1 is 1.39 bits per heavy atom. The highest BCUT2D eigenvalue weighted by Gasteiger charge is 2.23. The fourth-order valence-corrected chi connectivity index (χ4v) is 2.88. The van der Waals surface area contributed by atoms with E-state index in [0.717, 1.165) is 31.6 Å². The summed E-state index contributed by atoms with van der Waals surface area (Å²) in [5.41, 5.74) is 2.25. The van der Waals surface area contributed by atoms with E-state index in [4.69, 9.17) is 0 Å². The Morgan fingerprint density at radius 3 is 2.96 bits per heavy atom. The number of amides is 1. The molecule has 2 heterocycles. The summed E-state index contributed by atoms with van der Waals surface area (Å²) in [6, 6.07) is 10.7. The number of hydrogen-bond acceptors (Lipinski definition) is 3. The van der Waals surface area contributed by atoms with Gasteiger partial charge in [0.05, 0.1) is 6.20 Å². The normalized spacial score (nSPS) is 18.6. The Bertz CT molecular complexity index is 677. The van der Waals surface area contributed by atoms with Crippen LogP contribution < -0.4 is 5.32 Å². The second kappa shape index (κ2) is 7.24. The van der Waals surface area contributed by atoms with Crippen LogP contribution in [0.4, 0.5) is 0 Å². The van der Waals surface area contributed by atoms with Gasteiger partial charge >= 0.3 is 0 Å². The lowest BCUT2D eigenvalue weighted by atomic mass is 10.2. The largest absolute Gasteiger partial charge is 0.348 e. The predicted octanol–water partition coefficient (Wildman–Crippen LogP) is 1.82. The molecule has 120 valence electrons. The molecule has 0 spiro atoms. The van der Waals surface area contributed by atoms with Crippen LogP contribution in [-0.2, 0) is 18.4 Å². The van der Waals surface area contributed by atoms with Crippen LogP contribution in [0.25, 0.3) is 6.08 Å². The summed E-state index contributed by atoms with van der Waals surface area (Å²) < 4.78 is 1.72. The molecule has 1 amide bonds. The Labute approximate surface area is 136 Å². The van der Waals surface area contributed by atoms with Gasteiger partial charge in [-0.1, -0.05) is 30.3 Å². The van der Waals surface area contributed by atoms with Gasteiger partial charge in [0.1, 0.15) is 0 Å². The third-order valence-corrected chi connectivity index (χ3v) is 4.02. The molecule has 23 heavy (non-hydrogen) atoms. The minimum Gasteiger partial charge on any atom is -0.348 e. The van der Waals surface area contributed by atoms with Crippen molar-refractivity contribution < 1.29 is 4.79 Å². The molecule has 2 aromatic rings. The minimum atomic E-state index is -0.0413. The van der Waals surface area contributed by atoms with Crippen LogP contribution in [0.2, 0.25) is 0 Å². The molecule has 3 rings (SSSR count). The van der Waals surface area contributed by atoms with Gasteiger partial charge in [-0.15, -0.1) is 0 Å². The highest BCUT2D eigenvalue weighted by Crippen LogP contribution is 2.13. The van der Waals surface area contributed by atoms with Crippen molar-refractivity contribution in [1.82, 2.24) is 20.0 Å². The molecular formula is C18H22N4O. The lowest BCUT2D eigenvalue weighted by Gasteiger charge is -2.16. The van der Waals surface area contributed by atoms with Gasteiger partial charge in [0.15, 0.2) is 0 Å². The second-order valence-electron chi connectivity index (χ2n) is 6.00. The number of nitrogens with zero attached hydrogens (tertiary/aromatic N) is 3. The van der Waals surface area contributed by atoms with Crippen LogP contribution in [-0.4, -0.2) is 39.7 Å². The maximum atomic E-state index is 12.0. The highest BCUT2D eigenvalue weighted by molar-refractivity contribution is 5.91. The average Bonchev–Trinajstić information content (AvgIpc) is 3.15. The van der Waals surface area contributed by atoms with Crippen molar-refractivity contribution in [2.24, 2.45) is 7.05 Å². The molecule has 1 aromatic carbocycles. The quantitative estimate of drug-likeness (QED) is 0.857. The van der Waals surface area contributed by atoms with Crippen molar-refractivity contribution in [1.29, 1.82) is 0 Å². The van der Waals surface area contributed by atoms with Crippen LogP contribution in [0.1, 0.15) is 17.5 Å². The molecule has 0 aliphatic carbocycles. The molecule has 0 radical (unpaired) electrons. The Kier molecular flexibility index (Phi) is 4.88. The summed E-state index contributed by atoms with van der Waals surface area (Å²) in [4.78, 5) is 14.4. The van der Waals surface area contributed by atoms with Crippen molar-refractivity contribution in [2.75, 3.05) is 13.1 Å². The van der Waals surface area contributed by atoms with Gasteiger partial charge in [-0.05, 0) is 18.1 Å². The fourth-order valence-electron chi connectivity index (χ4n) is 2.88. The first-order valence-corrected chi connectivity index (χ1v) is 7.92. The number of carbonyl (C=O) groups is 1. The number of aryl methyl sites for hydroxylation is 1. The van der Waals surface area contributed by atoms with Crippen molar-refractivity contribution >= 4 is 12.0 Å². The maximum absolute atomic E-state index is 12.0. The van der Waals surface area contributed by atoms with Crippen molar-refractivity contribution in [2.45, 2.75) is 19.0 Å². The summed E-state index contributed by atoms with van der Waals surface area (Å²) >= 11 is 0. The molecule has 1 aliphatic rings. The van der Waals surface area contributed by atoms with Crippen LogP contribution in [0.3, 0.4) is 0 Å². The lowest BCUT2D eigenvalue weighted by Crippen LogP contribution is -2.35. The molecule has 1 aromatic heterocycles. The molecule has 1 saturated heterocycles. The third kappa shape index (κ3) is 4.53. The van der Waals surface area contributed by atoms with E-state index in [-0.39, 0.29) is 11.9 Å². The standard InChI is InChI=1S/C18H22N4O/c1-21-12-16(11-19-21)7-8-18(23)20-17-9-10-22(14-17)13-15-5-3-2-4-6-15/h2-8,11-12,17H,9-10,13-14H2,1H3,(H,20,23)/b8-7+/t17-/m1/s1. The topological polar surface area (TPSA) is 50.2 Å². The van der Waals surface area contributed by atoms with Crippen LogP contribution in [0.15, 0.2) is 48.8 Å². The van der Waals surface area contributed by atoms with E-state index < -0.39 is 0 Å². The molecular weight excluding hydrogens is 288 g/mol. The van der Waals surface area contributed by atoms with Crippen LogP contribution in [0, 0.1) is 0 Å². The Hall–Kier alpha value is -2.40. The smallest absolute Gasteiger partial charge is 0.244 e. The van der Waals surface area contributed by atoms with E-state index in [9.17, 15) is 4.79 Å². The van der Waals surface area contributed by atoms with Gasteiger partial charge in [-0.2, -0.15) is 5.10 Å². The summed E-state index contributed by atoms with van der Waals surface area (Å²) in [7, 11) is 1.86. The summed E-state index contributed by atoms with van der Waals surface area (Å²) in [5, 5.41) is 7.15. The third-order valence-electron chi connectivity index (χ3n) is 4.02. The zero-order valence-corrected chi connectivity index (χ0v) is 13.4. The molecule has 1 aliphatic heterocycles. The van der Waals surface area contributed by atoms with E-state index in [2.05, 4.69) is 39.6 Å². The number of nitrogens with one attached hydrogen (secondary N) is 1. The number of rotatable bonds is 5. The lowest BCUT2D eigenvalue weighted by molar-refractivity contribution is -0.117. The van der Waals surface area contributed by atoms with Crippen molar-refractivity contribution in [3.63, 3.8) is 0 Å². The molecule has 0 unspecified atom stereocenters. The van der Waals surface area contributed by atoms with E-state index in [1.165, 1.54) is 5.56 Å². The molecule has 1 fully saturated rings. The molecule has 5 nitrogen and oxygen atoms in total. The summed E-state index contributed by atoms with van der Waals surface area (Å²) in [6.45, 7) is 2.87. The van der Waals surface area contributed by atoms with Crippen LogP contribution in [0.5, 0.6) is 0 Å². The van der Waals surface area contributed by atoms with Crippen molar-refractivity contribution in [3.05, 3.63) is 59.9 Å². The fraction of sp³-hybridized carbons (Fsp3) is 0.333. The van der Waals surface area contributed by atoms with Crippen LogP contribution >= 0.6 is 0 Å². The highest BCUT2D eigenvalue weighted by atomic mass is 16.1. The Morgan fingerprint density at radius 2 is 2.22 bits per heavy atom. The number of hydrogen-bond donors (Lipinski definition) is 1. The second-order valence-corrected chi connectivity index (χ2v) is 6.00. The number of aromatic nitrogens is 2. The van der Waals surface area contributed by atoms with E-state index in [0.29, 0.717) is 0 Å². The minimum absolute atomic E-state index is 0.0413. The average molecular weight is 310 g/mol. The van der Waals surface area contributed by atoms with Gasteiger partial charge in [-0.3, -0.25) is 14.4 Å². The van der Waals surface area contributed by atoms with Gasteiger partial charge in [0.25, 0.3) is 0 Å². The first-order chi connectivity index (χ1) is 11.2. The molecule has 1 atom stereocenters. The zero-order chi connectivity index (χ0) is 16.1. The summed E-state index contributed by atoms with van der Waals surface area (Å²) in [6.07, 6.45) is 7.98. The first kappa shape index (κ1) is 15.5. The van der Waals surface area contributed by atoms with E-state index >= 15 is 0 Å². The molecule has 5 heteroatoms.